The zero-order chi connectivity index (χ0) is 24.7. The molecular formula is C26H31N3O4S. The fraction of sp³-hybridized carbons (Fsp3) is 0.269. The average molecular weight is 482 g/mol. The molecule has 0 radical (unpaired) electrons. The second-order valence-corrected chi connectivity index (χ2v) is 10.0. The lowest BCUT2D eigenvalue weighted by molar-refractivity contribution is 0.0941. The van der Waals surface area contributed by atoms with Crippen molar-refractivity contribution in [1.29, 1.82) is 0 Å². The molecule has 0 aliphatic carbocycles. The Labute approximate surface area is 201 Å². The van der Waals surface area contributed by atoms with Gasteiger partial charge in [0.15, 0.2) is 0 Å². The molecule has 34 heavy (non-hydrogen) atoms. The van der Waals surface area contributed by atoms with Crippen molar-refractivity contribution in [2.75, 3.05) is 32.5 Å². The molecule has 2 N–H and O–H groups in total. The number of rotatable bonds is 10. The van der Waals surface area contributed by atoms with Gasteiger partial charge >= 0.3 is 0 Å². The number of carbonyl (C=O) groups is 1. The van der Waals surface area contributed by atoms with Gasteiger partial charge in [0.2, 0.25) is 0 Å². The summed E-state index contributed by atoms with van der Waals surface area (Å²) in [4.78, 5) is 14.9. The van der Waals surface area contributed by atoms with Gasteiger partial charge in [-0.05, 0) is 63.3 Å². The minimum atomic E-state index is -3.97. The van der Waals surface area contributed by atoms with Gasteiger partial charge in [0.1, 0.15) is 10.6 Å². The average Bonchev–Trinajstić information content (AvgIpc) is 2.83. The van der Waals surface area contributed by atoms with Crippen LogP contribution in [0.5, 0.6) is 5.75 Å². The predicted octanol–water partition coefficient (Wildman–Crippen LogP) is 3.71. The highest BCUT2D eigenvalue weighted by molar-refractivity contribution is 7.92. The van der Waals surface area contributed by atoms with E-state index in [1.165, 1.54) is 24.8 Å². The molecule has 0 unspecified atom stereocenters. The molecule has 180 valence electrons. The molecule has 0 heterocycles. The first-order valence-corrected chi connectivity index (χ1v) is 12.4. The van der Waals surface area contributed by atoms with Crippen LogP contribution in [0.25, 0.3) is 0 Å². The molecule has 0 aromatic heterocycles. The van der Waals surface area contributed by atoms with Gasteiger partial charge < -0.3 is 15.0 Å². The minimum Gasteiger partial charge on any atom is -0.495 e. The van der Waals surface area contributed by atoms with Crippen LogP contribution in [0.1, 0.15) is 21.5 Å². The maximum Gasteiger partial charge on any atom is 0.265 e. The van der Waals surface area contributed by atoms with Crippen molar-refractivity contribution < 1.29 is 17.9 Å². The number of hydrogen-bond acceptors (Lipinski definition) is 5. The summed E-state index contributed by atoms with van der Waals surface area (Å²) in [5, 5.41) is 2.94. The molecule has 0 aliphatic heterocycles. The third-order valence-electron chi connectivity index (χ3n) is 5.56. The summed E-state index contributed by atoms with van der Waals surface area (Å²) in [6.07, 6.45) is 0.775. The number of ether oxygens (including phenoxy) is 1. The highest BCUT2D eigenvalue weighted by atomic mass is 32.2. The number of likely N-dealkylation sites (N-methyl/N-ethyl adjacent to an activating group) is 1. The van der Waals surface area contributed by atoms with E-state index in [1.807, 2.05) is 51.4 Å². The van der Waals surface area contributed by atoms with E-state index < -0.39 is 10.0 Å². The second kappa shape index (κ2) is 11.2. The third kappa shape index (κ3) is 6.59. The summed E-state index contributed by atoms with van der Waals surface area (Å²) < 4.78 is 34.0. The molecule has 3 rings (SSSR count). The summed E-state index contributed by atoms with van der Waals surface area (Å²) in [5.41, 5.74) is 2.86. The van der Waals surface area contributed by atoms with Crippen LogP contribution in [-0.4, -0.2) is 53.0 Å². The number of methoxy groups -OCH3 is 1. The monoisotopic (exact) mass is 481 g/mol. The zero-order valence-corrected chi connectivity index (χ0v) is 20.7. The van der Waals surface area contributed by atoms with Crippen molar-refractivity contribution in [3.05, 3.63) is 89.5 Å². The molecule has 0 saturated heterocycles. The standard InChI is InChI=1S/C26H31N3O4S/c1-19-10-13-22(14-11-19)28-34(31,32)25-17-21(12-15-24(25)33-4)26(30)27-18-23(29(2)3)16-20-8-6-5-7-9-20/h5-15,17,23,28H,16,18H2,1-4H3,(H,27,30)/t23-/m0/s1. The minimum absolute atomic E-state index is 0.0796. The Morgan fingerprint density at radius 1 is 1.00 bits per heavy atom. The van der Waals surface area contributed by atoms with Crippen LogP contribution in [-0.2, 0) is 16.4 Å². The van der Waals surface area contributed by atoms with Gasteiger partial charge in [-0.25, -0.2) is 8.42 Å². The Bertz CT molecular complexity index is 1210. The lowest BCUT2D eigenvalue weighted by Gasteiger charge is -2.25. The molecule has 3 aromatic rings. The number of aryl methyl sites for hydroxylation is 1. The highest BCUT2D eigenvalue weighted by Gasteiger charge is 2.22. The van der Waals surface area contributed by atoms with Crippen molar-refractivity contribution in [1.82, 2.24) is 10.2 Å². The van der Waals surface area contributed by atoms with E-state index in [9.17, 15) is 13.2 Å². The fourth-order valence-corrected chi connectivity index (χ4v) is 4.75. The quantitative estimate of drug-likeness (QED) is 0.461. The number of nitrogens with zero attached hydrogens (tertiary/aromatic N) is 1. The first-order valence-electron chi connectivity index (χ1n) is 11.0. The Kier molecular flexibility index (Phi) is 8.31. The van der Waals surface area contributed by atoms with E-state index in [1.54, 1.807) is 18.2 Å². The maximum absolute atomic E-state index is 13.1. The van der Waals surface area contributed by atoms with E-state index >= 15 is 0 Å². The molecule has 7 nitrogen and oxygen atoms in total. The van der Waals surface area contributed by atoms with Crippen molar-refractivity contribution in [3.8, 4) is 5.75 Å². The molecule has 0 spiro atoms. The number of nitrogens with one attached hydrogen (secondary N) is 2. The summed E-state index contributed by atoms with van der Waals surface area (Å²) in [7, 11) is 1.35. The Morgan fingerprint density at radius 3 is 2.29 bits per heavy atom. The molecule has 1 amide bonds. The van der Waals surface area contributed by atoms with E-state index in [2.05, 4.69) is 27.1 Å². The smallest absolute Gasteiger partial charge is 0.265 e. The van der Waals surface area contributed by atoms with Crippen molar-refractivity contribution in [2.24, 2.45) is 0 Å². The van der Waals surface area contributed by atoms with Gasteiger partial charge in [0, 0.05) is 23.8 Å². The van der Waals surface area contributed by atoms with Crippen LogP contribution < -0.4 is 14.8 Å². The molecular weight excluding hydrogens is 450 g/mol. The number of amides is 1. The van der Waals surface area contributed by atoms with Gasteiger partial charge in [-0.15, -0.1) is 0 Å². The van der Waals surface area contributed by atoms with Gasteiger partial charge in [-0.1, -0.05) is 48.0 Å². The molecule has 0 aliphatic rings. The maximum atomic E-state index is 13.1. The number of carbonyl (C=O) groups excluding carboxylic acids is 1. The third-order valence-corrected chi connectivity index (χ3v) is 6.96. The number of anilines is 1. The first kappa shape index (κ1) is 25.3. The molecule has 0 saturated carbocycles. The molecule has 1 atom stereocenters. The van der Waals surface area contributed by atoms with Gasteiger partial charge in [-0.3, -0.25) is 9.52 Å². The molecule has 8 heteroatoms. The van der Waals surface area contributed by atoms with Crippen LogP contribution >= 0.6 is 0 Å². The van der Waals surface area contributed by atoms with Crippen LogP contribution in [0, 0.1) is 6.92 Å². The number of sulfonamides is 1. The van der Waals surface area contributed by atoms with Crippen molar-refractivity contribution in [3.63, 3.8) is 0 Å². The highest BCUT2D eigenvalue weighted by Crippen LogP contribution is 2.27. The Morgan fingerprint density at radius 2 is 1.68 bits per heavy atom. The van der Waals surface area contributed by atoms with E-state index in [0.717, 1.165) is 12.0 Å². The Hall–Kier alpha value is -3.36. The summed E-state index contributed by atoms with van der Waals surface area (Å²) in [6.45, 7) is 2.33. The van der Waals surface area contributed by atoms with Gasteiger partial charge in [0.05, 0.1) is 7.11 Å². The summed E-state index contributed by atoms with van der Waals surface area (Å²) in [6, 6.07) is 21.5. The predicted molar refractivity (Wildman–Crippen MR) is 135 cm³/mol. The first-order chi connectivity index (χ1) is 16.2. The summed E-state index contributed by atoms with van der Waals surface area (Å²) in [5.74, 6) is -0.194. The molecule has 0 fully saturated rings. The van der Waals surface area contributed by atoms with Gasteiger partial charge in [-0.2, -0.15) is 0 Å². The fourth-order valence-electron chi connectivity index (χ4n) is 3.50. The SMILES string of the molecule is COc1ccc(C(=O)NC[C@H](Cc2ccccc2)N(C)C)cc1S(=O)(=O)Nc1ccc(C)cc1. The second-order valence-electron chi connectivity index (χ2n) is 8.35. The number of hydrogen-bond donors (Lipinski definition) is 2. The number of benzene rings is 3. The lowest BCUT2D eigenvalue weighted by atomic mass is 10.0. The van der Waals surface area contributed by atoms with E-state index in [0.29, 0.717) is 12.2 Å². The lowest BCUT2D eigenvalue weighted by Crippen LogP contribution is -2.41. The van der Waals surface area contributed by atoms with Crippen LogP contribution in [0.4, 0.5) is 5.69 Å². The van der Waals surface area contributed by atoms with Crippen molar-refractivity contribution in [2.45, 2.75) is 24.3 Å². The largest absolute Gasteiger partial charge is 0.495 e. The zero-order valence-electron chi connectivity index (χ0n) is 19.9. The normalized spacial score (nSPS) is 12.3. The van der Waals surface area contributed by atoms with E-state index in [4.69, 9.17) is 4.74 Å². The van der Waals surface area contributed by atoms with Crippen LogP contribution in [0.15, 0.2) is 77.7 Å². The Balaban J connectivity index is 1.77. The molecule has 0 bridgehead atoms. The van der Waals surface area contributed by atoms with Gasteiger partial charge in [0.25, 0.3) is 15.9 Å². The molecule has 3 aromatic carbocycles. The van der Waals surface area contributed by atoms with Crippen LogP contribution in [0.2, 0.25) is 0 Å². The summed E-state index contributed by atoms with van der Waals surface area (Å²) >= 11 is 0. The van der Waals surface area contributed by atoms with Crippen molar-refractivity contribution >= 4 is 21.6 Å². The van der Waals surface area contributed by atoms with E-state index in [-0.39, 0.29) is 28.2 Å². The van der Waals surface area contributed by atoms with Crippen LogP contribution in [0.3, 0.4) is 0 Å². The topological polar surface area (TPSA) is 87.7 Å².